The second-order valence-corrected chi connectivity index (χ2v) is 8.03. The van der Waals surface area contributed by atoms with Gasteiger partial charge < -0.3 is 10.1 Å². The smallest absolute Gasteiger partial charge is 0.406 e. The Morgan fingerprint density at radius 3 is 2.03 bits per heavy atom. The number of ether oxygens (including phenoxy) is 1. The quantitative estimate of drug-likeness (QED) is 0.475. The van der Waals surface area contributed by atoms with Gasteiger partial charge in [-0.25, -0.2) is 4.90 Å². The molecule has 0 aliphatic carbocycles. The lowest BCUT2D eigenvalue weighted by molar-refractivity contribution is -0.274. The van der Waals surface area contributed by atoms with Crippen molar-refractivity contribution in [2.45, 2.75) is 27.1 Å². The number of imide groups is 1. The van der Waals surface area contributed by atoms with Gasteiger partial charge in [-0.2, -0.15) is 0 Å². The first-order valence-electron chi connectivity index (χ1n) is 10.4. The lowest BCUT2D eigenvalue weighted by atomic mass is 9.99. The summed E-state index contributed by atoms with van der Waals surface area (Å²) < 4.78 is 41.3. The van der Waals surface area contributed by atoms with Crippen molar-refractivity contribution in [2.75, 3.05) is 10.2 Å². The Morgan fingerprint density at radius 1 is 0.794 bits per heavy atom. The van der Waals surface area contributed by atoms with Gasteiger partial charge in [-0.05, 0) is 73.9 Å². The van der Waals surface area contributed by atoms with Gasteiger partial charge in [0.05, 0.1) is 11.3 Å². The molecule has 2 amide bonds. The van der Waals surface area contributed by atoms with Crippen LogP contribution in [0.15, 0.2) is 72.4 Å². The predicted octanol–water partition coefficient (Wildman–Crippen LogP) is 5.91. The summed E-state index contributed by atoms with van der Waals surface area (Å²) in [4.78, 5) is 28.0. The highest BCUT2D eigenvalue weighted by atomic mass is 19.4. The zero-order chi connectivity index (χ0) is 24.6. The van der Waals surface area contributed by atoms with E-state index in [1.807, 2.05) is 32.9 Å². The second-order valence-electron chi connectivity index (χ2n) is 8.03. The number of anilines is 2. The maximum absolute atomic E-state index is 13.5. The summed E-state index contributed by atoms with van der Waals surface area (Å²) in [6.45, 7) is 5.75. The Hall–Kier alpha value is -4.07. The number of hydrogen-bond donors (Lipinski definition) is 1. The molecule has 4 rings (SSSR count). The van der Waals surface area contributed by atoms with Gasteiger partial charge in [0.25, 0.3) is 11.8 Å². The predicted molar refractivity (Wildman–Crippen MR) is 123 cm³/mol. The Labute approximate surface area is 194 Å². The van der Waals surface area contributed by atoms with Gasteiger partial charge in [0.15, 0.2) is 0 Å². The van der Waals surface area contributed by atoms with Crippen LogP contribution in [0.25, 0.3) is 5.57 Å². The molecule has 0 atom stereocenters. The first-order valence-corrected chi connectivity index (χ1v) is 10.4. The molecule has 0 spiro atoms. The Balaban J connectivity index is 1.75. The lowest BCUT2D eigenvalue weighted by Crippen LogP contribution is -2.32. The van der Waals surface area contributed by atoms with E-state index in [4.69, 9.17) is 0 Å². The van der Waals surface area contributed by atoms with Crippen LogP contribution < -0.4 is 15.0 Å². The molecule has 0 aromatic heterocycles. The fourth-order valence-corrected chi connectivity index (χ4v) is 3.62. The minimum absolute atomic E-state index is 0.0401. The van der Waals surface area contributed by atoms with Crippen molar-refractivity contribution in [3.8, 4) is 5.75 Å². The molecule has 1 N–H and O–H groups in total. The molecule has 1 aliphatic heterocycles. The van der Waals surface area contributed by atoms with E-state index in [1.165, 1.54) is 12.1 Å². The van der Waals surface area contributed by atoms with Gasteiger partial charge in [0.1, 0.15) is 11.4 Å². The lowest BCUT2D eigenvalue weighted by Gasteiger charge is -2.16. The van der Waals surface area contributed by atoms with Crippen molar-refractivity contribution in [1.29, 1.82) is 0 Å². The van der Waals surface area contributed by atoms with Crippen LogP contribution in [-0.4, -0.2) is 18.2 Å². The maximum atomic E-state index is 13.5. The molecule has 0 saturated heterocycles. The first-order chi connectivity index (χ1) is 16.0. The Morgan fingerprint density at radius 2 is 1.44 bits per heavy atom. The Kier molecular flexibility index (Phi) is 5.91. The fraction of sp³-hybridized carbons (Fsp3) is 0.154. The molecule has 1 heterocycles. The molecule has 0 bridgehead atoms. The van der Waals surface area contributed by atoms with Gasteiger partial charge in [-0.3, -0.25) is 9.59 Å². The van der Waals surface area contributed by atoms with E-state index in [0.29, 0.717) is 16.9 Å². The Bertz CT molecular complexity index is 1290. The number of nitrogens with one attached hydrogen (secondary N) is 1. The second kappa shape index (κ2) is 8.70. The molecule has 5 nitrogen and oxygen atoms in total. The van der Waals surface area contributed by atoms with Crippen LogP contribution in [0.4, 0.5) is 24.5 Å². The van der Waals surface area contributed by atoms with Crippen LogP contribution in [0.2, 0.25) is 0 Å². The van der Waals surface area contributed by atoms with Crippen molar-refractivity contribution in [2.24, 2.45) is 0 Å². The molecular formula is C26H21F3N2O3. The molecule has 174 valence electrons. The van der Waals surface area contributed by atoms with Crippen LogP contribution >= 0.6 is 0 Å². The molecule has 1 aliphatic rings. The average molecular weight is 466 g/mol. The number of hydrogen-bond acceptors (Lipinski definition) is 4. The monoisotopic (exact) mass is 466 g/mol. The van der Waals surface area contributed by atoms with E-state index < -0.39 is 23.9 Å². The highest BCUT2D eigenvalue weighted by Crippen LogP contribution is 2.35. The SMILES string of the molecule is Cc1ccc(N2C(=O)C(Nc3ccc(OC(F)(F)F)cc3)=C(c3ccc(C)c(C)c3)C2=O)cc1. The minimum atomic E-state index is -4.81. The number of carbonyl (C=O) groups is 2. The van der Waals surface area contributed by atoms with Crippen LogP contribution in [0.1, 0.15) is 22.3 Å². The van der Waals surface area contributed by atoms with E-state index in [1.54, 1.807) is 30.3 Å². The van der Waals surface area contributed by atoms with E-state index >= 15 is 0 Å². The number of alkyl halides is 3. The van der Waals surface area contributed by atoms with Crippen LogP contribution in [0.3, 0.4) is 0 Å². The molecule has 0 radical (unpaired) electrons. The van der Waals surface area contributed by atoms with Crippen LogP contribution in [0, 0.1) is 20.8 Å². The molecule has 34 heavy (non-hydrogen) atoms. The van der Waals surface area contributed by atoms with Crippen molar-refractivity contribution in [3.63, 3.8) is 0 Å². The van der Waals surface area contributed by atoms with Crippen molar-refractivity contribution in [3.05, 3.63) is 94.7 Å². The molecule has 8 heteroatoms. The van der Waals surface area contributed by atoms with E-state index in [2.05, 4.69) is 10.1 Å². The number of halogens is 3. The third-order valence-electron chi connectivity index (χ3n) is 5.53. The molecular weight excluding hydrogens is 445 g/mol. The standard InChI is InChI=1S/C26H21F3N2O3/c1-15-4-10-20(11-5-15)31-24(32)22(18-7-6-16(2)17(3)14-18)23(25(31)33)30-19-8-12-21(13-9-19)34-26(27,28)29/h4-14,30H,1-3H3. The zero-order valence-corrected chi connectivity index (χ0v) is 18.7. The summed E-state index contributed by atoms with van der Waals surface area (Å²) in [5.41, 5.74) is 4.51. The number of aryl methyl sites for hydroxylation is 3. The zero-order valence-electron chi connectivity index (χ0n) is 18.7. The molecule has 0 unspecified atom stereocenters. The summed E-state index contributed by atoms with van der Waals surface area (Å²) >= 11 is 0. The van der Waals surface area contributed by atoms with E-state index in [-0.39, 0.29) is 11.3 Å². The van der Waals surface area contributed by atoms with Crippen molar-refractivity contribution < 1.29 is 27.5 Å². The normalized spacial score (nSPS) is 14.1. The molecule has 0 fully saturated rings. The number of amides is 2. The molecule has 3 aromatic rings. The molecule has 0 saturated carbocycles. The highest BCUT2D eigenvalue weighted by molar-refractivity contribution is 6.46. The van der Waals surface area contributed by atoms with Crippen molar-refractivity contribution in [1.82, 2.24) is 0 Å². The van der Waals surface area contributed by atoms with E-state index in [9.17, 15) is 22.8 Å². The van der Waals surface area contributed by atoms with E-state index in [0.717, 1.165) is 33.7 Å². The number of benzene rings is 3. The summed E-state index contributed by atoms with van der Waals surface area (Å²) in [6.07, 6.45) is -4.81. The minimum Gasteiger partial charge on any atom is -0.406 e. The number of nitrogens with zero attached hydrogens (tertiary/aromatic N) is 1. The van der Waals surface area contributed by atoms with Gasteiger partial charge in [0.2, 0.25) is 0 Å². The molecule has 3 aromatic carbocycles. The van der Waals surface area contributed by atoms with Gasteiger partial charge in [-0.15, -0.1) is 13.2 Å². The largest absolute Gasteiger partial charge is 0.573 e. The van der Waals surface area contributed by atoms with Gasteiger partial charge in [0, 0.05) is 5.69 Å². The van der Waals surface area contributed by atoms with Crippen molar-refractivity contribution >= 4 is 28.8 Å². The van der Waals surface area contributed by atoms with Gasteiger partial charge >= 0.3 is 6.36 Å². The van der Waals surface area contributed by atoms with Crippen LogP contribution in [0.5, 0.6) is 5.75 Å². The summed E-state index contributed by atoms with van der Waals surface area (Å²) in [5.74, 6) is -1.44. The number of carbonyl (C=O) groups excluding carboxylic acids is 2. The third-order valence-corrected chi connectivity index (χ3v) is 5.53. The van der Waals surface area contributed by atoms with Crippen LogP contribution in [-0.2, 0) is 9.59 Å². The summed E-state index contributed by atoms with van der Waals surface area (Å²) in [6, 6.07) is 17.4. The third kappa shape index (κ3) is 4.66. The fourth-order valence-electron chi connectivity index (χ4n) is 3.62. The van der Waals surface area contributed by atoms with Gasteiger partial charge in [-0.1, -0.05) is 35.9 Å². The average Bonchev–Trinajstić information content (AvgIpc) is 3.01. The first kappa shape index (κ1) is 23.1. The topological polar surface area (TPSA) is 58.6 Å². The summed E-state index contributed by atoms with van der Waals surface area (Å²) in [5, 5.41) is 2.94. The maximum Gasteiger partial charge on any atom is 0.573 e. The number of rotatable bonds is 5. The highest BCUT2D eigenvalue weighted by Gasteiger charge is 2.40. The summed E-state index contributed by atoms with van der Waals surface area (Å²) in [7, 11) is 0.